The van der Waals surface area contributed by atoms with E-state index in [-0.39, 0.29) is 11.3 Å². The van der Waals surface area contributed by atoms with Crippen LogP contribution in [0.25, 0.3) is 0 Å². The topological polar surface area (TPSA) is 28.7 Å². The molecule has 24 heavy (non-hydrogen) atoms. The molecule has 0 bridgehead atoms. The molecule has 0 amide bonds. The van der Waals surface area contributed by atoms with Gasteiger partial charge in [0.15, 0.2) is 0 Å². The fourth-order valence-corrected chi connectivity index (χ4v) is 2.88. The first kappa shape index (κ1) is 19.7. The molecule has 0 aliphatic rings. The summed E-state index contributed by atoms with van der Waals surface area (Å²) in [5.41, 5.74) is 3.53. The summed E-state index contributed by atoms with van der Waals surface area (Å²) in [5, 5.41) is 0. The van der Waals surface area contributed by atoms with E-state index in [1.54, 1.807) is 6.33 Å². The quantitative estimate of drug-likeness (QED) is 0.532. The number of nitrogens with one attached hydrogen (secondary N) is 1. The highest BCUT2D eigenvalue weighted by Crippen LogP contribution is 2.41. The van der Waals surface area contributed by atoms with Crippen molar-refractivity contribution in [3.05, 3.63) is 91.1 Å². The minimum atomic E-state index is -0.0289. The van der Waals surface area contributed by atoms with Crippen LogP contribution in [-0.2, 0) is 0 Å². The van der Waals surface area contributed by atoms with Crippen LogP contribution in [-0.4, -0.2) is 9.97 Å². The van der Waals surface area contributed by atoms with E-state index >= 15 is 0 Å². The largest absolute Gasteiger partial charge is 0.348 e. The summed E-state index contributed by atoms with van der Waals surface area (Å²) in [6.45, 7) is 16.4. The number of hydrogen-bond acceptors (Lipinski definition) is 1. The number of imidazole rings is 1. The summed E-state index contributed by atoms with van der Waals surface area (Å²) >= 11 is 0. The van der Waals surface area contributed by atoms with E-state index in [2.05, 4.69) is 67.4 Å². The number of nitrogens with zero attached hydrogens (tertiary/aromatic N) is 1. The molecule has 0 fully saturated rings. The van der Waals surface area contributed by atoms with Crippen LogP contribution < -0.4 is 0 Å². The van der Waals surface area contributed by atoms with Crippen LogP contribution in [0, 0.1) is 5.41 Å². The van der Waals surface area contributed by atoms with Crippen molar-refractivity contribution < 1.29 is 0 Å². The zero-order valence-electron chi connectivity index (χ0n) is 15.4. The molecule has 2 nitrogen and oxygen atoms in total. The second-order valence-corrected chi connectivity index (χ2v) is 6.40. The molecule has 0 aliphatic heterocycles. The summed E-state index contributed by atoms with van der Waals surface area (Å²) in [6, 6.07) is 0. The van der Waals surface area contributed by atoms with Gasteiger partial charge in [0.1, 0.15) is 0 Å². The number of hydrogen-bond donors (Lipinski definition) is 1. The van der Waals surface area contributed by atoms with Crippen molar-refractivity contribution in [1.29, 1.82) is 0 Å². The Morgan fingerprint density at radius 2 is 2.00 bits per heavy atom. The molecule has 0 radical (unpaired) electrons. The number of aromatic nitrogens is 2. The van der Waals surface area contributed by atoms with Crippen molar-refractivity contribution >= 4 is 0 Å². The van der Waals surface area contributed by atoms with Gasteiger partial charge in [0.2, 0.25) is 0 Å². The first-order chi connectivity index (χ1) is 11.5. The van der Waals surface area contributed by atoms with Crippen LogP contribution in [0.1, 0.15) is 45.7 Å². The summed E-state index contributed by atoms with van der Waals surface area (Å²) in [6.07, 6.45) is 20.9. The molecule has 128 valence electrons. The maximum Gasteiger partial charge on any atom is 0.0921 e. The molecule has 1 rings (SSSR count). The summed E-state index contributed by atoms with van der Waals surface area (Å²) < 4.78 is 0. The number of aromatic amines is 1. The molecule has 0 spiro atoms. The highest BCUT2D eigenvalue weighted by Gasteiger charge is 2.28. The summed E-state index contributed by atoms with van der Waals surface area (Å²) in [7, 11) is 0. The van der Waals surface area contributed by atoms with Crippen LogP contribution >= 0.6 is 0 Å². The van der Waals surface area contributed by atoms with Gasteiger partial charge in [-0.1, -0.05) is 75.6 Å². The maximum absolute atomic E-state index is 4.21. The Kier molecular flexibility index (Phi) is 7.97. The van der Waals surface area contributed by atoms with Gasteiger partial charge in [-0.25, -0.2) is 4.98 Å². The Hall–Kier alpha value is -2.35. The molecule has 1 unspecified atom stereocenters. The molecule has 0 aromatic carbocycles. The van der Waals surface area contributed by atoms with E-state index in [4.69, 9.17) is 0 Å². The zero-order valence-corrected chi connectivity index (χ0v) is 15.4. The van der Waals surface area contributed by atoms with Gasteiger partial charge in [-0.05, 0) is 36.8 Å². The molecule has 1 atom stereocenters. The lowest BCUT2D eigenvalue weighted by atomic mass is 9.73. The third kappa shape index (κ3) is 5.38. The second kappa shape index (κ2) is 9.71. The van der Waals surface area contributed by atoms with E-state index < -0.39 is 0 Å². The molecule has 1 N–H and O–H groups in total. The van der Waals surface area contributed by atoms with Crippen molar-refractivity contribution in [3.8, 4) is 0 Å². The molecule has 1 aromatic heterocycles. The Morgan fingerprint density at radius 3 is 2.50 bits per heavy atom. The molecule has 1 heterocycles. The fourth-order valence-electron chi connectivity index (χ4n) is 2.88. The first-order valence-corrected chi connectivity index (χ1v) is 8.39. The lowest BCUT2D eigenvalue weighted by Gasteiger charge is -2.31. The van der Waals surface area contributed by atoms with Gasteiger partial charge in [0.25, 0.3) is 0 Å². The lowest BCUT2D eigenvalue weighted by molar-refractivity contribution is 0.391. The Balaban J connectivity index is 3.28. The highest BCUT2D eigenvalue weighted by molar-refractivity contribution is 5.36. The summed E-state index contributed by atoms with van der Waals surface area (Å²) in [5.74, 6) is 0.214. The first-order valence-electron chi connectivity index (χ1n) is 8.39. The number of rotatable bonds is 9. The molecule has 0 saturated heterocycles. The van der Waals surface area contributed by atoms with Crippen molar-refractivity contribution in [3.63, 3.8) is 0 Å². The van der Waals surface area contributed by atoms with Gasteiger partial charge in [-0.15, -0.1) is 0 Å². The monoisotopic (exact) mass is 322 g/mol. The van der Waals surface area contributed by atoms with Crippen molar-refractivity contribution in [2.75, 3.05) is 0 Å². The highest BCUT2D eigenvalue weighted by atomic mass is 14.9. The smallest absolute Gasteiger partial charge is 0.0921 e. The standard InChI is InChI=1S/C22H30N2/c1-7-11-14-19(10-4)22(5,6)15-20(21-16-23-17-24-21)18(12-8-2)13-9-3/h7-14,16-17,20H,2,4,15H2,1,3,5-6H3,(H,23,24)/b11-7-,13-9-,18-12+,19-14+. The van der Waals surface area contributed by atoms with Crippen LogP contribution in [0.15, 0.2) is 85.4 Å². The Labute approximate surface area is 147 Å². The normalized spacial score (nSPS) is 15.2. The van der Waals surface area contributed by atoms with Crippen molar-refractivity contribution in [2.45, 2.75) is 40.0 Å². The Bertz CT molecular complexity index is 638. The fraction of sp³-hybridized carbons (Fsp3) is 0.318. The predicted molar refractivity (Wildman–Crippen MR) is 106 cm³/mol. The number of allylic oxidation sites excluding steroid dienone is 10. The molecule has 2 heteroatoms. The van der Waals surface area contributed by atoms with E-state index in [0.29, 0.717) is 0 Å². The van der Waals surface area contributed by atoms with E-state index in [1.165, 1.54) is 11.1 Å². The zero-order chi connectivity index (χ0) is 18.0. The molecule has 0 aliphatic carbocycles. The van der Waals surface area contributed by atoms with Crippen molar-refractivity contribution in [1.82, 2.24) is 9.97 Å². The second-order valence-electron chi connectivity index (χ2n) is 6.40. The van der Waals surface area contributed by atoms with Gasteiger partial charge in [0, 0.05) is 17.8 Å². The van der Waals surface area contributed by atoms with Gasteiger partial charge in [-0.3, -0.25) is 0 Å². The van der Waals surface area contributed by atoms with E-state index in [0.717, 1.165) is 12.1 Å². The predicted octanol–water partition coefficient (Wildman–Crippen LogP) is 6.29. The minimum absolute atomic E-state index is 0.0289. The third-order valence-corrected chi connectivity index (χ3v) is 4.15. The van der Waals surface area contributed by atoms with Gasteiger partial charge >= 0.3 is 0 Å². The van der Waals surface area contributed by atoms with E-state index in [1.807, 2.05) is 38.3 Å². The average Bonchev–Trinajstić information content (AvgIpc) is 3.07. The van der Waals surface area contributed by atoms with Crippen LogP contribution in [0.2, 0.25) is 0 Å². The van der Waals surface area contributed by atoms with Gasteiger partial charge in [0.05, 0.1) is 6.33 Å². The van der Waals surface area contributed by atoms with Crippen LogP contribution in [0.5, 0.6) is 0 Å². The minimum Gasteiger partial charge on any atom is -0.348 e. The molecule has 1 aromatic rings. The molecular formula is C22H30N2. The van der Waals surface area contributed by atoms with E-state index in [9.17, 15) is 0 Å². The van der Waals surface area contributed by atoms with Crippen LogP contribution in [0.4, 0.5) is 0 Å². The summed E-state index contributed by atoms with van der Waals surface area (Å²) in [4.78, 5) is 7.49. The molecular weight excluding hydrogens is 292 g/mol. The van der Waals surface area contributed by atoms with Crippen LogP contribution in [0.3, 0.4) is 0 Å². The lowest BCUT2D eigenvalue weighted by Crippen LogP contribution is -2.19. The SMILES string of the molecule is C=C/C=C(\C=C/C)C(CC(C)(C)/C(C=C)=C/C=C\C)c1cnc[nH]1. The van der Waals surface area contributed by atoms with Crippen molar-refractivity contribution in [2.24, 2.45) is 5.41 Å². The van der Waals surface area contributed by atoms with Gasteiger partial charge in [-0.2, -0.15) is 0 Å². The Morgan fingerprint density at radius 1 is 1.25 bits per heavy atom. The average molecular weight is 322 g/mol. The molecule has 0 saturated carbocycles. The van der Waals surface area contributed by atoms with Gasteiger partial charge < -0.3 is 4.98 Å². The maximum atomic E-state index is 4.21. The third-order valence-electron chi connectivity index (χ3n) is 4.15. The number of H-pyrrole nitrogens is 1.